The van der Waals surface area contributed by atoms with Crippen molar-refractivity contribution >= 4 is 11.8 Å². The van der Waals surface area contributed by atoms with Gasteiger partial charge < -0.3 is 19.3 Å². The smallest absolute Gasteiger partial charge is 0.276 e. The number of unbranched alkanes of at least 4 members (excludes halogenated alkanes) is 1. The Morgan fingerprint density at radius 2 is 2.12 bits per heavy atom. The summed E-state index contributed by atoms with van der Waals surface area (Å²) in [5.74, 6) is 1.53. The van der Waals surface area contributed by atoms with E-state index < -0.39 is 0 Å². The number of oxazole rings is 1. The van der Waals surface area contributed by atoms with E-state index in [1.165, 1.54) is 0 Å². The van der Waals surface area contributed by atoms with Crippen LogP contribution < -0.4 is 0 Å². The van der Waals surface area contributed by atoms with Gasteiger partial charge in [0.1, 0.15) is 5.76 Å². The highest BCUT2D eigenvalue weighted by Crippen LogP contribution is 2.32. The van der Waals surface area contributed by atoms with Crippen LogP contribution in [0, 0.1) is 19.8 Å². The molecule has 0 unspecified atom stereocenters. The molecule has 0 bridgehead atoms. The molecule has 2 amide bonds. The maximum Gasteiger partial charge on any atom is 0.276 e. The van der Waals surface area contributed by atoms with E-state index in [0.29, 0.717) is 49.3 Å². The van der Waals surface area contributed by atoms with Crippen molar-refractivity contribution in [3.05, 3.63) is 17.3 Å². The molecule has 7 nitrogen and oxygen atoms in total. The zero-order chi connectivity index (χ0) is 18.0. The number of rotatable bonds is 5. The van der Waals surface area contributed by atoms with Crippen molar-refractivity contribution in [2.45, 2.75) is 52.0 Å². The van der Waals surface area contributed by atoms with Gasteiger partial charge in [0.25, 0.3) is 5.91 Å². The van der Waals surface area contributed by atoms with E-state index >= 15 is 0 Å². The second-order valence-corrected chi connectivity index (χ2v) is 7.06. The number of carbonyl (C=O) groups excluding carboxylic acids is 2. The highest BCUT2D eigenvalue weighted by molar-refractivity contribution is 5.93. The summed E-state index contributed by atoms with van der Waals surface area (Å²) in [6.07, 6.45) is 3.73. The Bertz CT molecular complexity index is 642. The van der Waals surface area contributed by atoms with E-state index in [-0.39, 0.29) is 24.5 Å². The summed E-state index contributed by atoms with van der Waals surface area (Å²) >= 11 is 0. The molecule has 1 N–H and O–H groups in total. The number of aromatic nitrogens is 1. The number of likely N-dealkylation sites (tertiary alicyclic amines) is 2. The van der Waals surface area contributed by atoms with Crippen molar-refractivity contribution in [2.24, 2.45) is 5.92 Å². The molecule has 0 spiro atoms. The SMILES string of the molecule is Cc1nc(C(=O)N2CC[C@@H]3[C@@H](CCC(=O)N3CCCCO)C2)c(C)o1. The zero-order valence-corrected chi connectivity index (χ0v) is 15.0. The van der Waals surface area contributed by atoms with Crippen LogP contribution in [0.5, 0.6) is 0 Å². The Kier molecular flexibility index (Phi) is 5.42. The Hall–Kier alpha value is -1.89. The third-order valence-corrected chi connectivity index (χ3v) is 5.34. The monoisotopic (exact) mass is 349 g/mol. The Morgan fingerprint density at radius 3 is 2.80 bits per heavy atom. The lowest BCUT2D eigenvalue weighted by Gasteiger charge is -2.47. The second kappa shape index (κ2) is 7.56. The molecule has 1 aromatic rings. The van der Waals surface area contributed by atoms with E-state index in [1.807, 2.05) is 9.80 Å². The highest BCUT2D eigenvalue weighted by atomic mass is 16.4. The Labute approximate surface area is 148 Å². The van der Waals surface area contributed by atoms with E-state index in [1.54, 1.807) is 13.8 Å². The molecule has 0 aliphatic carbocycles. The van der Waals surface area contributed by atoms with Crippen molar-refractivity contribution in [1.29, 1.82) is 0 Å². The molecule has 2 saturated heterocycles. The first-order valence-corrected chi connectivity index (χ1v) is 9.15. The van der Waals surface area contributed by atoms with Crippen molar-refractivity contribution in [3.63, 3.8) is 0 Å². The lowest BCUT2D eigenvalue weighted by molar-refractivity contribution is -0.140. The standard InChI is InChI=1S/C18H27N3O4/c1-12-17(19-13(2)25-12)18(24)20-9-7-15-14(11-20)5-6-16(23)21(15)8-3-4-10-22/h14-15,22H,3-11H2,1-2H3/t14-,15+/m0/s1. The molecular weight excluding hydrogens is 322 g/mol. The van der Waals surface area contributed by atoms with Crippen molar-refractivity contribution < 1.29 is 19.1 Å². The van der Waals surface area contributed by atoms with Crippen LogP contribution >= 0.6 is 0 Å². The van der Waals surface area contributed by atoms with Crippen LogP contribution in [-0.2, 0) is 4.79 Å². The highest BCUT2D eigenvalue weighted by Gasteiger charge is 2.40. The molecule has 0 saturated carbocycles. The number of nitrogens with zero attached hydrogens (tertiary/aromatic N) is 3. The quantitative estimate of drug-likeness (QED) is 0.815. The number of aliphatic hydroxyl groups excluding tert-OH is 1. The van der Waals surface area contributed by atoms with Crippen LogP contribution in [0.4, 0.5) is 0 Å². The number of aryl methyl sites for hydroxylation is 2. The summed E-state index contributed by atoms with van der Waals surface area (Å²) in [6.45, 7) is 5.67. The van der Waals surface area contributed by atoms with Crippen LogP contribution in [-0.4, -0.2) is 64.0 Å². The summed E-state index contributed by atoms with van der Waals surface area (Å²) < 4.78 is 5.39. The van der Waals surface area contributed by atoms with Gasteiger partial charge >= 0.3 is 0 Å². The Morgan fingerprint density at radius 1 is 1.32 bits per heavy atom. The number of fused-ring (bicyclic) bond motifs is 1. The predicted molar refractivity (Wildman–Crippen MR) is 91.0 cm³/mol. The minimum Gasteiger partial charge on any atom is -0.445 e. The minimum absolute atomic E-state index is 0.0727. The number of aliphatic hydroxyl groups is 1. The van der Waals surface area contributed by atoms with Gasteiger partial charge in [0.05, 0.1) is 0 Å². The normalized spacial score (nSPS) is 23.7. The van der Waals surface area contributed by atoms with Gasteiger partial charge in [0.15, 0.2) is 11.6 Å². The molecule has 0 radical (unpaired) electrons. The topological polar surface area (TPSA) is 86.9 Å². The average molecular weight is 349 g/mol. The molecule has 3 rings (SSSR count). The summed E-state index contributed by atoms with van der Waals surface area (Å²) in [5.41, 5.74) is 0.405. The summed E-state index contributed by atoms with van der Waals surface area (Å²) in [4.78, 5) is 33.1. The molecule has 2 aliphatic heterocycles. The fourth-order valence-electron chi connectivity index (χ4n) is 4.10. The van der Waals surface area contributed by atoms with Gasteiger partial charge in [-0.15, -0.1) is 0 Å². The second-order valence-electron chi connectivity index (χ2n) is 7.06. The minimum atomic E-state index is -0.0727. The van der Waals surface area contributed by atoms with Gasteiger partial charge in [0.2, 0.25) is 5.91 Å². The number of amides is 2. The molecule has 7 heteroatoms. The number of piperidine rings is 2. The molecule has 0 aromatic carbocycles. The predicted octanol–water partition coefficient (Wildman–Crippen LogP) is 1.52. The van der Waals surface area contributed by atoms with Gasteiger partial charge in [-0.25, -0.2) is 4.98 Å². The first-order valence-electron chi connectivity index (χ1n) is 9.15. The molecule has 25 heavy (non-hydrogen) atoms. The number of carbonyl (C=O) groups is 2. The maximum atomic E-state index is 12.8. The zero-order valence-electron chi connectivity index (χ0n) is 15.0. The first-order chi connectivity index (χ1) is 12.0. The molecular formula is C18H27N3O4. The van der Waals surface area contributed by atoms with Crippen LogP contribution in [0.2, 0.25) is 0 Å². The van der Waals surface area contributed by atoms with Gasteiger partial charge in [-0.05, 0) is 38.5 Å². The molecule has 3 heterocycles. The van der Waals surface area contributed by atoms with Crippen LogP contribution in [0.1, 0.15) is 54.2 Å². The van der Waals surface area contributed by atoms with Crippen LogP contribution in [0.15, 0.2) is 4.42 Å². The largest absolute Gasteiger partial charge is 0.445 e. The van der Waals surface area contributed by atoms with Crippen LogP contribution in [0.3, 0.4) is 0 Å². The number of hydrogen-bond donors (Lipinski definition) is 1. The third kappa shape index (κ3) is 3.71. The summed E-state index contributed by atoms with van der Waals surface area (Å²) in [5, 5.41) is 8.96. The van der Waals surface area contributed by atoms with E-state index in [9.17, 15) is 9.59 Å². The maximum absolute atomic E-state index is 12.8. The summed E-state index contributed by atoms with van der Waals surface area (Å²) in [6, 6.07) is 0.212. The first kappa shape index (κ1) is 17.9. The van der Waals surface area contributed by atoms with E-state index in [4.69, 9.17) is 9.52 Å². The van der Waals surface area contributed by atoms with E-state index in [0.717, 1.165) is 25.7 Å². The molecule has 2 aliphatic rings. The fourth-order valence-corrected chi connectivity index (χ4v) is 4.10. The molecule has 2 atom stereocenters. The lowest BCUT2D eigenvalue weighted by Crippen LogP contribution is -2.57. The third-order valence-electron chi connectivity index (χ3n) is 5.34. The number of hydrogen-bond acceptors (Lipinski definition) is 5. The molecule has 138 valence electrons. The molecule has 2 fully saturated rings. The van der Waals surface area contributed by atoms with E-state index in [2.05, 4.69) is 4.98 Å². The van der Waals surface area contributed by atoms with Gasteiger partial charge in [-0.3, -0.25) is 9.59 Å². The van der Waals surface area contributed by atoms with Crippen molar-refractivity contribution in [2.75, 3.05) is 26.2 Å². The van der Waals surface area contributed by atoms with Crippen molar-refractivity contribution in [3.8, 4) is 0 Å². The lowest BCUT2D eigenvalue weighted by atomic mass is 9.83. The average Bonchev–Trinajstić information content (AvgIpc) is 2.94. The fraction of sp³-hybridized carbons (Fsp3) is 0.722. The van der Waals surface area contributed by atoms with Crippen LogP contribution in [0.25, 0.3) is 0 Å². The van der Waals surface area contributed by atoms with Gasteiger partial charge in [-0.2, -0.15) is 0 Å². The van der Waals surface area contributed by atoms with Crippen molar-refractivity contribution in [1.82, 2.24) is 14.8 Å². The molecule has 1 aromatic heterocycles. The Balaban J connectivity index is 1.66. The summed E-state index contributed by atoms with van der Waals surface area (Å²) in [7, 11) is 0. The van der Waals surface area contributed by atoms with Gasteiger partial charge in [-0.1, -0.05) is 0 Å². The van der Waals surface area contributed by atoms with Gasteiger partial charge in [0, 0.05) is 45.6 Å².